The van der Waals surface area contributed by atoms with Crippen molar-refractivity contribution < 1.29 is 31.5 Å². The molecule has 1 unspecified atom stereocenters. The number of hydrogen-bond acceptors (Lipinski definition) is 7. The molecule has 198 valence electrons. The van der Waals surface area contributed by atoms with Crippen LogP contribution in [0.4, 0.5) is 13.9 Å². The molecule has 2 aromatic carbocycles. The molecule has 37 heavy (non-hydrogen) atoms. The molecule has 2 fully saturated rings. The summed E-state index contributed by atoms with van der Waals surface area (Å²) in [5.74, 6) is -1.93. The van der Waals surface area contributed by atoms with Crippen LogP contribution >= 0.6 is 11.3 Å². The number of nitrogens with zero attached hydrogens (tertiary/aromatic N) is 3. The number of anilines is 1. The minimum Gasteiger partial charge on any atom is -0.494 e. The zero-order chi connectivity index (χ0) is 26.2. The molecule has 1 amide bonds. The first-order valence-electron chi connectivity index (χ1n) is 12.1. The maximum Gasteiger partial charge on any atom is 0.245 e. The van der Waals surface area contributed by atoms with E-state index < -0.39 is 32.5 Å². The third-order valence-corrected chi connectivity index (χ3v) is 9.79. The molecule has 2 aliphatic rings. The van der Waals surface area contributed by atoms with E-state index in [1.54, 1.807) is 12.0 Å². The van der Waals surface area contributed by atoms with Crippen molar-refractivity contribution in [3.05, 3.63) is 48.0 Å². The zero-order valence-corrected chi connectivity index (χ0v) is 21.9. The number of sulfonamides is 1. The van der Waals surface area contributed by atoms with Gasteiger partial charge in [0, 0.05) is 31.7 Å². The van der Waals surface area contributed by atoms with E-state index in [-0.39, 0.29) is 37.9 Å². The maximum absolute atomic E-state index is 14.2. The van der Waals surface area contributed by atoms with E-state index in [1.165, 1.54) is 11.3 Å². The highest BCUT2D eigenvalue weighted by atomic mass is 32.2. The summed E-state index contributed by atoms with van der Waals surface area (Å²) in [6.45, 7) is 1.12. The van der Waals surface area contributed by atoms with Gasteiger partial charge < -0.3 is 9.47 Å². The van der Waals surface area contributed by atoms with Gasteiger partial charge in [0.1, 0.15) is 27.8 Å². The summed E-state index contributed by atoms with van der Waals surface area (Å²) in [6.07, 6.45) is 2.22. The lowest BCUT2D eigenvalue weighted by atomic mass is 9.96. The van der Waals surface area contributed by atoms with Gasteiger partial charge in [-0.05, 0) is 49.9 Å². The second-order valence-electron chi connectivity index (χ2n) is 9.14. The zero-order valence-electron chi connectivity index (χ0n) is 20.2. The van der Waals surface area contributed by atoms with Gasteiger partial charge in [0.15, 0.2) is 5.13 Å². The van der Waals surface area contributed by atoms with E-state index in [0.717, 1.165) is 34.0 Å². The molecule has 1 atom stereocenters. The Kier molecular flexibility index (Phi) is 7.44. The number of benzene rings is 2. The van der Waals surface area contributed by atoms with Crippen LogP contribution in [0.2, 0.25) is 0 Å². The number of fused-ring (bicyclic) bond motifs is 1. The van der Waals surface area contributed by atoms with Crippen LogP contribution in [-0.2, 0) is 19.6 Å². The first-order chi connectivity index (χ1) is 17.8. The number of thiazole rings is 1. The molecule has 5 rings (SSSR count). The Morgan fingerprint density at radius 3 is 2.68 bits per heavy atom. The van der Waals surface area contributed by atoms with Crippen molar-refractivity contribution in [1.29, 1.82) is 0 Å². The minimum atomic E-state index is -4.15. The molecule has 12 heteroatoms. The van der Waals surface area contributed by atoms with Crippen molar-refractivity contribution in [3.63, 3.8) is 0 Å². The molecule has 0 aliphatic carbocycles. The van der Waals surface area contributed by atoms with Gasteiger partial charge in [0.05, 0.1) is 24.5 Å². The summed E-state index contributed by atoms with van der Waals surface area (Å²) in [7, 11) is -2.58. The summed E-state index contributed by atoms with van der Waals surface area (Å²) in [4.78, 5) is 19.6. The molecular formula is C25H27F2N3O5S2. The average Bonchev–Trinajstić information content (AvgIpc) is 3.56. The van der Waals surface area contributed by atoms with E-state index in [4.69, 9.17) is 14.5 Å². The number of carbonyl (C=O) groups excluding carboxylic acids is 1. The quantitative estimate of drug-likeness (QED) is 0.438. The lowest BCUT2D eigenvalue weighted by Crippen LogP contribution is -2.46. The lowest BCUT2D eigenvalue weighted by Gasteiger charge is -2.33. The minimum absolute atomic E-state index is 0.0526. The van der Waals surface area contributed by atoms with Gasteiger partial charge in [-0.25, -0.2) is 22.2 Å². The van der Waals surface area contributed by atoms with Crippen molar-refractivity contribution in [2.24, 2.45) is 5.92 Å². The molecule has 2 aliphatic heterocycles. The number of carbonyl (C=O) groups is 1. The van der Waals surface area contributed by atoms with Gasteiger partial charge in [0.2, 0.25) is 15.9 Å². The van der Waals surface area contributed by atoms with Gasteiger partial charge in [-0.1, -0.05) is 17.4 Å². The maximum atomic E-state index is 14.2. The predicted octanol–water partition coefficient (Wildman–Crippen LogP) is 4.20. The van der Waals surface area contributed by atoms with Crippen LogP contribution in [0.5, 0.6) is 5.75 Å². The van der Waals surface area contributed by atoms with Gasteiger partial charge in [-0.15, -0.1) is 0 Å². The highest BCUT2D eigenvalue weighted by molar-refractivity contribution is 7.89. The number of ether oxygens (including phenoxy) is 2. The topological polar surface area (TPSA) is 89.0 Å². The molecule has 8 nitrogen and oxygen atoms in total. The summed E-state index contributed by atoms with van der Waals surface area (Å²) in [5.41, 5.74) is 0.678. The number of piperidine rings is 1. The number of amides is 1. The first kappa shape index (κ1) is 26.0. The fourth-order valence-electron chi connectivity index (χ4n) is 4.83. The molecule has 0 spiro atoms. The van der Waals surface area contributed by atoms with Gasteiger partial charge in [0.25, 0.3) is 0 Å². The second kappa shape index (κ2) is 10.6. The number of methoxy groups -OCH3 is 1. The Morgan fingerprint density at radius 1 is 1.22 bits per heavy atom. The predicted molar refractivity (Wildman–Crippen MR) is 135 cm³/mol. The average molecular weight is 552 g/mol. The summed E-state index contributed by atoms with van der Waals surface area (Å²) in [5, 5.41) is 0.545. The summed E-state index contributed by atoms with van der Waals surface area (Å²) in [6, 6.07) is 8.02. The molecule has 0 N–H and O–H groups in total. The Bertz CT molecular complexity index is 1400. The van der Waals surface area contributed by atoms with Crippen LogP contribution in [0.1, 0.15) is 25.7 Å². The van der Waals surface area contributed by atoms with Crippen molar-refractivity contribution >= 4 is 42.6 Å². The Morgan fingerprint density at radius 2 is 2.00 bits per heavy atom. The highest BCUT2D eigenvalue weighted by Crippen LogP contribution is 2.36. The van der Waals surface area contributed by atoms with Gasteiger partial charge in [-0.2, -0.15) is 4.31 Å². The molecule has 0 radical (unpaired) electrons. The van der Waals surface area contributed by atoms with E-state index >= 15 is 0 Å². The number of aromatic nitrogens is 1. The number of para-hydroxylation sites is 1. The molecule has 3 aromatic rings. The third kappa shape index (κ3) is 5.20. The summed E-state index contributed by atoms with van der Waals surface area (Å²) >= 11 is 1.40. The molecular weight excluding hydrogens is 524 g/mol. The van der Waals surface area contributed by atoms with Crippen LogP contribution in [0.25, 0.3) is 10.2 Å². The lowest BCUT2D eigenvalue weighted by molar-refractivity contribution is -0.123. The molecule has 0 saturated carbocycles. The van der Waals surface area contributed by atoms with E-state index in [1.807, 2.05) is 18.2 Å². The number of hydrogen-bond donors (Lipinski definition) is 0. The smallest absolute Gasteiger partial charge is 0.245 e. The normalized spacial score (nSPS) is 19.4. The SMILES string of the molecule is COc1cccc2sc(N(CC3CCCO3)C(=O)C3CCN(S(=O)(=O)c4ccc(F)cc4F)CC3)nc12. The van der Waals surface area contributed by atoms with Crippen molar-refractivity contribution in [3.8, 4) is 5.75 Å². The largest absolute Gasteiger partial charge is 0.494 e. The first-order valence-corrected chi connectivity index (χ1v) is 14.4. The standard InChI is InChI=1S/C25H27F2N3O5S2/c1-34-20-5-2-6-21-23(20)28-25(36-21)30(15-18-4-3-13-35-18)24(31)16-9-11-29(12-10-16)37(32,33)22-8-7-17(26)14-19(22)27/h2,5-8,14,16,18H,3-4,9-13,15H2,1H3. The molecule has 3 heterocycles. The molecule has 0 bridgehead atoms. The van der Waals surface area contributed by atoms with Crippen LogP contribution in [0.3, 0.4) is 0 Å². The van der Waals surface area contributed by atoms with Crippen LogP contribution in [0.15, 0.2) is 41.3 Å². The Labute approximate surface area is 217 Å². The van der Waals surface area contributed by atoms with Crippen LogP contribution in [-0.4, -0.2) is 63.1 Å². The third-order valence-electron chi connectivity index (χ3n) is 6.81. The highest BCUT2D eigenvalue weighted by Gasteiger charge is 2.37. The van der Waals surface area contributed by atoms with Gasteiger partial charge in [-0.3, -0.25) is 9.69 Å². The van der Waals surface area contributed by atoms with E-state index in [0.29, 0.717) is 35.6 Å². The monoisotopic (exact) mass is 551 g/mol. The van der Waals surface area contributed by atoms with E-state index in [9.17, 15) is 22.0 Å². The van der Waals surface area contributed by atoms with E-state index in [2.05, 4.69) is 0 Å². The van der Waals surface area contributed by atoms with Crippen LogP contribution in [0, 0.1) is 17.6 Å². The van der Waals surface area contributed by atoms with Crippen molar-refractivity contribution in [2.45, 2.75) is 36.7 Å². The second-order valence-corrected chi connectivity index (χ2v) is 12.1. The van der Waals surface area contributed by atoms with Gasteiger partial charge >= 0.3 is 0 Å². The number of rotatable bonds is 7. The van der Waals surface area contributed by atoms with Crippen molar-refractivity contribution in [1.82, 2.24) is 9.29 Å². The Hall–Kier alpha value is -2.67. The fourth-order valence-corrected chi connectivity index (χ4v) is 7.35. The fraction of sp³-hybridized carbons (Fsp3) is 0.440. The van der Waals surface area contributed by atoms with Crippen molar-refractivity contribution in [2.75, 3.05) is 38.3 Å². The number of halogens is 2. The molecule has 1 aromatic heterocycles. The van der Waals surface area contributed by atoms with Crippen LogP contribution < -0.4 is 9.64 Å². The molecule has 2 saturated heterocycles. The summed E-state index contributed by atoms with van der Waals surface area (Å²) < 4.78 is 66.7. The Balaban J connectivity index is 1.36.